The van der Waals surface area contributed by atoms with E-state index in [1.54, 1.807) is 0 Å². The summed E-state index contributed by atoms with van der Waals surface area (Å²) in [7, 11) is 0. The highest BCUT2D eigenvalue weighted by molar-refractivity contribution is 9.10. The number of aliphatic hydroxyl groups excluding tert-OH is 1. The summed E-state index contributed by atoms with van der Waals surface area (Å²) in [5.74, 6) is -0.927. The van der Waals surface area contributed by atoms with Crippen molar-refractivity contribution in [3.63, 3.8) is 0 Å². The van der Waals surface area contributed by atoms with Gasteiger partial charge < -0.3 is 19.7 Å². The molecule has 0 fully saturated rings. The van der Waals surface area contributed by atoms with E-state index in [2.05, 4.69) is 15.9 Å². The molecule has 1 heterocycles. The molecule has 92 valence electrons. The van der Waals surface area contributed by atoms with Gasteiger partial charge in [0.2, 0.25) is 13.0 Å². The summed E-state index contributed by atoms with van der Waals surface area (Å²) in [4.78, 5) is 10.4. The van der Waals surface area contributed by atoms with E-state index in [-0.39, 0.29) is 12.4 Å². The Morgan fingerprint density at radius 3 is 2.82 bits per heavy atom. The van der Waals surface area contributed by atoms with Crippen molar-refractivity contribution in [2.45, 2.75) is 12.3 Å². The molecule has 1 aliphatic rings. The predicted octanol–water partition coefficient (Wildman–Crippen LogP) is 1.63. The Morgan fingerprint density at radius 2 is 2.18 bits per heavy atom. The molecule has 0 saturated carbocycles. The summed E-state index contributed by atoms with van der Waals surface area (Å²) in [5, 5.41) is 18.0. The minimum atomic E-state index is -2.39. The quantitative estimate of drug-likeness (QED) is 0.888. The molecule has 2 rings (SSSR count). The Morgan fingerprint density at radius 1 is 1.47 bits per heavy atom. The Bertz CT molecular complexity index is 464. The molecule has 17 heavy (non-hydrogen) atoms. The van der Waals surface area contributed by atoms with E-state index >= 15 is 0 Å². The number of aliphatic hydroxyl groups is 1. The lowest BCUT2D eigenvalue weighted by Gasteiger charge is -2.13. The molecule has 2 atom stereocenters. The second-order valence-electron chi connectivity index (χ2n) is 3.42. The molecule has 1 aromatic rings. The number of benzene rings is 1. The molecule has 2 N–H and O–H groups in total. The first-order chi connectivity index (χ1) is 8.00. The van der Waals surface area contributed by atoms with Crippen LogP contribution >= 0.6 is 15.9 Å². The molecular weight excluding hydrogens is 299 g/mol. The van der Waals surface area contributed by atoms with Gasteiger partial charge in [0, 0.05) is 0 Å². The second-order valence-corrected chi connectivity index (χ2v) is 4.28. The van der Waals surface area contributed by atoms with Crippen molar-refractivity contribution in [3.05, 3.63) is 22.2 Å². The molecule has 1 aliphatic heterocycles. The number of fused-ring (bicyclic) bond motifs is 1. The minimum Gasteiger partial charge on any atom is -0.479 e. The van der Waals surface area contributed by atoms with Gasteiger partial charge >= 0.3 is 5.97 Å². The number of rotatable bonds is 3. The first-order valence-corrected chi connectivity index (χ1v) is 5.44. The van der Waals surface area contributed by atoms with E-state index in [1.807, 2.05) is 0 Å². The summed E-state index contributed by atoms with van der Waals surface area (Å²) in [6, 6.07) is 2.75. The molecular formula is C10H8BrFO5. The first kappa shape index (κ1) is 12.1. The zero-order chi connectivity index (χ0) is 12.6. The Hall–Kier alpha value is -1.34. The maximum absolute atomic E-state index is 13.2. The molecule has 0 spiro atoms. The third-order valence-electron chi connectivity index (χ3n) is 2.30. The Labute approximate surface area is 104 Å². The summed E-state index contributed by atoms with van der Waals surface area (Å²) in [5.41, 5.74) is 0.107. The van der Waals surface area contributed by atoms with Crippen LogP contribution in [0.15, 0.2) is 16.6 Å². The standard InChI is InChI=1S/C10H8BrFO5/c11-5-1-4(8(13)7(12)10(14)15)2-6-9(5)17-3-16-6/h1-2,7-8,13H,3H2,(H,14,15). The van der Waals surface area contributed by atoms with E-state index in [0.29, 0.717) is 16.0 Å². The number of halogens is 2. The highest BCUT2D eigenvalue weighted by Crippen LogP contribution is 2.41. The Balaban J connectivity index is 2.34. The van der Waals surface area contributed by atoms with Crippen LogP contribution in [0.3, 0.4) is 0 Å². The lowest BCUT2D eigenvalue weighted by Crippen LogP contribution is -2.23. The molecule has 0 bridgehead atoms. The summed E-state index contributed by atoms with van der Waals surface area (Å²) < 4.78 is 23.8. The minimum absolute atomic E-state index is 0.0332. The van der Waals surface area contributed by atoms with Crippen LogP contribution in [0.1, 0.15) is 11.7 Å². The molecule has 0 amide bonds. The molecule has 7 heteroatoms. The Kier molecular flexibility index (Phi) is 3.21. The van der Waals surface area contributed by atoms with Gasteiger partial charge in [-0.15, -0.1) is 0 Å². The molecule has 1 aromatic carbocycles. The van der Waals surface area contributed by atoms with Crippen LogP contribution in [-0.4, -0.2) is 29.1 Å². The zero-order valence-corrected chi connectivity index (χ0v) is 9.98. The lowest BCUT2D eigenvalue weighted by atomic mass is 10.0. The normalized spacial score (nSPS) is 16.6. The number of hydrogen-bond donors (Lipinski definition) is 2. The highest BCUT2D eigenvalue weighted by Gasteiger charge is 2.29. The van der Waals surface area contributed by atoms with Gasteiger partial charge in [0.25, 0.3) is 0 Å². The number of aliphatic carboxylic acids is 1. The fourth-order valence-corrected chi connectivity index (χ4v) is 2.04. The van der Waals surface area contributed by atoms with Gasteiger partial charge in [-0.25, -0.2) is 9.18 Å². The van der Waals surface area contributed by atoms with E-state index < -0.39 is 18.2 Å². The second kappa shape index (κ2) is 4.50. The van der Waals surface area contributed by atoms with Crippen molar-refractivity contribution in [1.29, 1.82) is 0 Å². The largest absolute Gasteiger partial charge is 0.479 e. The first-order valence-electron chi connectivity index (χ1n) is 4.64. The van der Waals surface area contributed by atoms with Gasteiger partial charge in [0.05, 0.1) is 4.47 Å². The summed E-state index contributed by atoms with van der Waals surface area (Å²) in [6.45, 7) is 0.0332. The molecule has 0 aliphatic carbocycles. The molecule has 0 radical (unpaired) electrons. The number of carboxylic acid groups (broad SMARTS) is 1. The topological polar surface area (TPSA) is 76.0 Å². The van der Waals surface area contributed by atoms with Gasteiger partial charge in [-0.05, 0) is 33.6 Å². The van der Waals surface area contributed by atoms with Crippen LogP contribution in [0.4, 0.5) is 4.39 Å². The smallest absolute Gasteiger partial charge is 0.341 e. The number of carbonyl (C=O) groups is 1. The van der Waals surface area contributed by atoms with Crippen molar-refractivity contribution in [1.82, 2.24) is 0 Å². The van der Waals surface area contributed by atoms with Gasteiger partial charge in [-0.2, -0.15) is 0 Å². The summed E-state index contributed by atoms with van der Waals surface area (Å²) >= 11 is 3.17. The third-order valence-corrected chi connectivity index (χ3v) is 2.89. The lowest BCUT2D eigenvalue weighted by molar-refractivity contribution is -0.147. The van der Waals surface area contributed by atoms with Crippen LogP contribution in [0.25, 0.3) is 0 Å². The van der Waals surface area contributed by atoms with E-state index in [1.165, 1.54) is 12.1 Å². The molecule has 5 nitrogen and oxygen atoms in total. The van der Waals surface area contributed by atoms with Gasteiger partial charge in [-0.1, -0.05) is 0 Å². The number of alkyl halides is 1. The van der Waals surface area contributed by atoms with Gasteiger partial charge in [-0.3, -0.25) is 0 Å². The fraction of sp³-hybridized carbons (Fsp3) is 0.300. The van der Waals surface area contributed by atoms with Crippen LogP contribution < -0.4 is 9.47 Å². The predicted molar refractivity (Wildman–Crippen MR) is 57.8 cm³/mol. The molecule has 2 unspecified atom stereocenters. The monoisotopic (exact) mass is 306 g/mol. The van der Waals surface area contributed by atoms with Crippen LogP contribution in [0.5, 0.6) is 11.5 Å². The van der Waals surface area contributed by atoms with Gasteiger partial charge in [0.15, 0.2) is 11.5 Å². The number of ether oxygens (including phenoxy) is 2. The van der Waals surface area contributed by atoms with Crippen molar-refractivity contribution in [3.8, 4) is 11.5 Å². The highest BCUT2D eigenvalue weighted by atomic mass is 79.9. The van der Waals surface area contributed by atoms with Gasteiger partial charge in [0.1, 0.15) is 6.10 Å². The van der Waals surface area contributed by atoms with E-state index in [0.717, 1.165) is 0 Å². The zero-order valence-electron chi connectivity index (χ0n) is 8.39. The van der Waals surface area contributed by atoms with E-state index in [9.17, 15) is 14.3 Å². The maximum Gasteiger partial charge on any atom is 0.341 e. The van der Waals surface area contributed by atoms with Crippen molar-refractivity contribution in [2.24, 2.45) is 0 Å². The van der Waals surface area contributed by atoms with Crippen molar-refractivity contribution < 1.29 is 28.9 Å². The maximum atomic E-state index is 13.2. The van der Waals surface area contributed by atoms with Crippen LogP contribution in [-0.2, 0) is 4.79 Å². The van der Waals surface area contributed by atoms with E-state index in [4.69, 9.17) is 14.6 Å². The van der Waals surface area contributed by atoms with Crippen molar-refractivity contribution >= 4 is 21.9 Å². The summed E-state index contributed by atoms with van der Waals surface area (Å²) in [6.07, 6.45) is -4.14. The SMILES string of the molecule is O=C(O)C(F)C(O)c1cc(Br)c2c(c1)OCO2. The fourth-order valence-electron chi connectivity index (χ4n) is 1.46. The molecule has 0 aromatic heterocycles. The average molecular weight is 307 g/mol. The van der Waals surface area contributed by atoms with Crippen molar-refractivity contribution in [2.75, 3.05) is 6.79 Å². The molecule has 0 saturated heterocycles. The van der Waals surface area contributed by atoms with Crippen LogP contribution in [0.2, 0.25) is 0 Å². The van der Waals surface area contributed by atoms with Crippen LogP contribution in [0, 0.1) is 0 Å². The third kappa shape index (κ3) is 2.20. The number of carboxylic acids is 1. The average Bonchev–Trinajstić information content (AvgIpc) is 2.75. The number of hydrogen-bond acceptors (Lipinski definition) is 4.